The van der Waals surface area contributed by atoms with Gasteiger partial charge in [-0.3, -0.25) is 0 Å². The van der Waals surface area contributed by atoms with Crippen molar-refractivity contribution in [3.63, 3.8) is 0 Å². The van der Waals surface area contributed by atoms with Crippen LogP contribution in [-0.2, 0) is 4.74 Å². The summed E-state index contributed by atoms with van der Waals surface area (Å²) in [4.78, 5) is 0. The highest BCUT2D eigenvalue weighted by Crippen LogP contribution is 2.40. The lowest BCUT2D eigenvalue weighted by molar-refractivity contribution is -0.109. The minimum Gasteiger partial charge on any atom is -0.388 e. The van der Waals surface area contributed by atoms with E-state index in [1.807, 2.05) is 6.92 Å². The van der Waals surface area contributed by atoms with Crippen LogP contribution >= 0.6 is 0 Å². The summed E-state index contributed by atoms with van der Waals surface area (Å²) in [5, 5.41) is 19.2. The van der Waals surface area contributed by atoms with Crippen LogP contribution in [0.5, 0.6) is 0 Å². The van der Waals surface area contributed by atoms with E-state index in [0.29, 0.717) is 19.6 Å². The summed E-state index contributed by atoms with van der Waals surface area (Å²) in [6.07, 6.45) is 2.19. The van der Waals surface area contributed by atoms with Crippen molar-refractivity contribution in [1.29, 1.82) is 5.26 Å². The Bertz CT molecular complexity index is 211. The fourth-order valence-electron chi connectivity index (χ4n) is 1.77. The van der Waals surface area contributed by atoms with Crippen molar-refractivity contribution < 1.29 is 9.84 Å². The second-order valence-electron chi connectivity index (χ2n) is 3.98. The average molecular weight is 183 g/mol. The number of hydrogen-bond donors (Lipinski definition) is 1. The molecule has 1 aliphatic heterocycles. The lowest BCUT2D eigenvalue weighted by atomic mass is 9.69. The fourth-order valence-corrected chi connectivity index (χ4v) is 1.77. The zero-order valence-corrected chi connectivity index (χ0v) is 8.34. The Kier molecular flexibility index (Phi) is 2.94. The highest BCUT2D eigenvalue weighted by molar-refractivity contribution is 5.10. The normalized spacial score (nSPS) is 33.4. The Hall–Kier alpha value is -0.590. The summed E-state index contributed by atoms with van der Waals surface area (Å²) in [7, 11) is 0. The van der Waals surface area contributed by atoms with Gasteiger partial charge in [-0.15, -0.1) is 0 Å². The van der Waals surface area contributed by atoms with Gasteiger partial charge in [-0.2, -0.15) is 5.26 Å². The molecule has 0 aromatic carbocycles. The molecule has 0 saturated carbocycles. The molecule has 0 amide bonds. The van der Waals surface area contributed by atoms with Gasteiger partial charge in [0.15, 0.2) is 0 Å². The van der Waals surface area contributed by atoms with Crippen LogP contribution in [0, 0.1) is 16.7 Å². The molecule has 0 spiro atoms. The van der Waals surface area contributed by atoms with Gasteiger partial charge in [0.05, 0.1) is 18.3 Å². The number of nitriles is 1. The molecule has 0 aromatic heterocycles. The van der Waals surface area contributed by atoms with E-state index in [-0.39, 0.29) is 0 Å². The van der Waals surface area contributed by atoms with Crippen molar-refractivity contribution in [3.8, 4) is 6.07 Å². The zero-order chi connectivity index (χ0) is 9.95. The SMILES string of the molecule is CCC(C)(O)C1(C#N)CCCOC1. The van der Waals surface area contributed by atoms with Crippen LogP contribution in [0.15, 0.2) is 0 Å². The maximum Gasteiger partial charge on any atom is 0.109 e. The molecule has 0 bridgehead atoms. The fraction of sp³-hybridized carbons (Fsp3) is 0.900. The van der Waals surface area contributed by atoms with Gasteiger partial charge in [-0.25, -0.2) is 0 Å². The van der Waals surface area contributed by atoms with Crippen molar-refractivity contribution >= 4 is 0 Å². The van der Waals surface area contributed by atoms with Gasteiger partial charge in [-0.1, -0.05) is 6.92 Å². The number of aliphatic hydroxyl groups is 1. The van der Waals surface area contributed by atoms with E-state index in [0.717, 1.165) is 12.8 Å². The first-order valence-corrected chi connectivity index (χ1v) is 4.79. The van der Waals surface area contributed by atoms with E-state index >= 15 is 0 Å². The maximum absolute atomic E-state index is 10.1. The zero-order valence-electron chi connectivity index (χ0n) is 8.34. The van der Waals surface area contributed by atoms with Crippen LogP contribution < -0.4 is 0 Å². The van der Waals surface area contributed by atoms with Crippen LogP contribution in [-0.4, -0.2) is 23.9 Å². The molecule has 1 rings (SSSR count). The van der Waals surface area contributed by atoms with Gasteiger partial charge < -0.3 is 9.84 Å². The number of ether oxygens (including phenoxy) is 1. The predicted molar refractivity (Wildman–Crippen MR) is 49.0 cm³/mol. The molecule has 0 aliphatic carbocycles. The molecule has 0 radical (unpaired) electrons. The van der Waals surface area contributed by atoms with Crippen molar-refractivity contribution in [2.45, 2.75) is 38.7 Å². The third-order valence-corrected chi connectivity index (χ3v) is 3.17. The van der Waals surface area contributed by atoms with Gasteiger partial charge in [0.2, 0.25) is 0 Å². The molecule has 1 aliphatic rings. The van der Waals surface area contributed by atoms with Crippen LogP contribution in [0.3, 0.4) is 0 Å². The number of nitrogens with zero attached hydrogens (tertiary/aromatic N) is 1. The quantitative estimate of drug-likeness (QED) is 0.705. The monoisotopic (exact) mass is 183 g/mol. The lowest BCUT2D eigenvalue weighted by Gasteiger charge is -2.41. The first-order chi connectivity index (χ1) is 6.08. The second-order valence-corrected chi connectivity index (χ2v) is 3.98. The molecule has 1 saturated heterocycles. The van der Waals surface area contributed by atoms with Crippen molar-refractivity contribution in [2.75, 3.05) is 13.2 Å². The molecule has 2 atom stereocenters. The summed E-state index contributed by atoms with van der Waals surface area (Å²) in [6, 6.07) is 2.23. The molecular weight excluding hydrogens is 166 g/mol. The Balaban J connectivity index is 2.86. The molecule has 1 fully saturated rings. The second kappa shape index (κ2) is 3.65. The van der Waals surface area contributed by atoms with Crippen molar-refractivity contribution in [2.24, 2.45) is 5.41 Å². The minimum atomic E-state index is -0.928. The van der Waals surface area contributed by atoms with Crippen LogP contribution in [0.1, 0.15) is 33.1 Å². The first kappa shape index (κ1) is 10.5. The smallest absolute Gasteiger partial charge is 0.109 e. The van der Waals surface area contributed by atoms with Crippen LogP contribution in [0.2, 0.25) is 0 Å². The average Bonchev–Trinajstić information content (AvgIpc) is 2.18. The van der Waals surface area contributed by atoms with Gasteiger partial charge in [0.25, 0.3) is 0 Å². The van der Waals surface area contributed by atoms with Gasteiger partial charge >= 0.3 is 0 Å². The summed E-state index contributed by atoms with van der Waals surface area (Å²) < 4.78 is 5.28. The topological polar surface area (TPSA) is 53.2 Å². The number of hydrogen-bond acceptors (Lipinski definition) is 3. The molecule has 2 unspecified atom stereocenters. The van der Waals surface area contributed by atoms with E-state index in [1.165, 1.54) is 0 Å². The number of rotatable bonds is 2. The molecule has 3 nitrogen and oxygen atoms in total. The Morgan fingerprint density at radius 3 is 2.77 bits per heavy atom. The van der Waals surface area contributed by atoms with E-state index in [1.54, 1.807) is 6.92 Å². The highest BCUT2D eigenvalue weighted by Gasteiger charge is 2.47. The molecule has 3 heteroatoms. The Morgan fingerprint density at radius 1 is 1.69 bits per heavy atom. The molecule has 74 valence electrons. The molecule has 1 heterocycles. The molecule has 0 aromatic rings. The predicted octanol–water partition coefficient (Wildman–Crippen LogP) is 1.47. The van der Waals surface area contributed by atoms with Crippen molar-refractivity contribution in [3.05, 3.63) is 0 Å². The minimum absolute atomic E-state index is 0.365. The van der Waals surface area contributed by atoms with Crippen LogP contribution in [0.25, 0.3) is 0 Å². The molecule has 1 N–H and O–H groups in total. The van der Waals surface area contributed by atoms with Gasteiger partial charge in [-0.05, 0) is 26.2 Å². The maximum atomic E-state index is 10.1. The van der Waals surface area contributed by atoms with E-state index in [2.05, 4.69) is 6.07 Å². The summed E-state index contributed by atoms with van der Waals surface area (Å²) in [5.41, 5.74) is -1.62. The van der Waals surface area contributed by atoms with Crippen molar-refractivity contribution in [1.82, 2.24) is 0 Å². The largest absolute Gasteiger partial charge is 0.388 e. The van der Waals surface area contributed by atoms with Gasteiger partial charge in [0.1, 0.15) is 5.41 Å². The highest BCUT2D eigenvalue weighted by atomic mass is 16.5. The Labute approximate surface area is 79.3 Å². The summed E-state index contributed by atoms with van der Waals surface area (Å²) in [6.45, 7) is 4.70. The third kappa shape index (κ3) is 1.70. The molecule has 13 heavy (non-hydrogen) atoms. The van der Waals surface area contributed by atoms with Gasteiger partial charge in [0, 0.05) is 6.61 Å². The van der Waals surface area contributed by atoms with E-state index in [9.17, 15) is 5.11 Å². The summed E-state index contributed by atoms with van der Waals surface area (Å²) in [5.74, 6) is 0. The molecular formula is C10H17NO2. The lowest BCUT2D eigenvalue weighted by Crippen LogP contribution is -2.49. The van der Waals surface area contributed by atoms with E-state index < -0.39 is 11.0 Å². The third-order valence-electron chi connectivity index (χ3n) is 3.17. The first-order valence-electron chi connectivity index (χ1n) is 4.79. The standard InChI is InChI=1S/C10H17NO2/c1-3-9(2,12)10(7-11)5-4-6-13-8-10/h12H,3-6,8H2,1-2H3. The van der Waals surface area contributed by atoms with Crippen LogP contribution in [0.4, 0.5) is 0 Å². The Morgan fingerprint density at radius 2 is 2.38 bits per heavy atom. The van der Waals surface area contributed by atoms with E-state index in [4.69, 9.17) is 10.00 Å². The summed E-state index contributed by atoms with van der Waals surface area (Å²) >= 11 is 0.